The average molecular weight is 317 g/mol. The van der Waals surface area contributed by atoms with Gasteiger partial charge in [-0.25, -0.2) is 0 Å². The van der Waals surface area contributed by atoms with Crippen molar-refractivity contribution >= 4 is 23.2 Å². The zero-order valence-corrected chi connectivity index (χ0v) is 12.4. The predicted molar refractivity (Wildman–Crippen MR) is 77.8 cm³/mol. The molecular weight excluding hydrogens is 300 g/mol. The van der Waals surface area contributed by atoms with E-state index in [0.717, 1.165) is 0 Å². The molecule has 0 saturated carbocycles. The Kier molecular flexibility index (Phi) is 7.66. The van der Waals surface area contributed by atoms with Gasteiger partial charge in [0.25, 0.3) is 11.6 Å². The first-order valence-corrected chi connectivity index (χ1v) is 6.73. The zero-order valence-electron chi connectivity index (χ0n) is 11.6. The molecule has 7 nitrogen and oxygen atoms in total. The summed E-state index contributed by atoms with van der Waals surface area (Å²) in [7, 11) is 1.60. The van der Waals surface area contributed by atoms with Gasteiger partial charge in [-0.1, -0.05) is 11.6 Å². The van der Waals surface area contributed by atoms with Crippen molar-refractivity contribution in [2.24, 2.45) is 0 Å². The molecule has 1 aromatic carbocycles. The number of amides is 1. The maximum atomic E-state index is 11.8. The van der Waals surface area contributed by atoms with Crippen LogP contribution in [-0.4, -0.2) is 44.3 Å². The van der Waals surface area contributed by atoms with Gasteiger partial charge in [-0.3, -0.25) is 14.9 Å². The lowest BCUT2D eigenvalue weighted by molar-refractivity contribution is -0.384. The Morgan fingerprint density at radius 1 is 1.38 bits per heavy atom. The van der Waals surface area contributed by atoms with Crippen molar-refractivity contribution < 1.29 is 19.2 Å². The Balaban J connectivity index is 2.35. The highest BCUT2D eigenvalue weighted by Crippen LogP contribution is 2.24. The highest BCUT2D eigenvalue weighted by atomic mass is 35.5. The molecule has 0 aliphatic rings. The van der Waals surface area contributed by atoms with E-state index in [4.69, 9.17) is 21.1 Å². The Bertz CT molecular complexity index is 495. The highest BCUT2D eigenvalue weighted by molar-refractivity contribution is 6.33. The van der Waals surface area contributed by atoms with Crippen LogP contribution in [0, 0.1) is 10.1 Å². The normalized spacial score (nSPS) is 10.4. The summed E-state index contributed by atoms with van der Waals surface area (Å²) in [5.41, 5.74) is 0.0608. The van der Waals surface area contributed by atoms with Crippen molar-refractivity contribution in [3.63, 3.8) is 0 Å². The molecule has 1 amide bonds. The van der Waals surface area contributed by atoms with Crippen LogP contribution in [0.3, 0.4) is 0 Å². The van der Waals surface area contributed by atoms with E-state index in [0.29, 0.717) is 32.8 Å². The number of nitrogens with zero attached hydrogens (tertiary/aromatic N) is 1. The van der Waals surface area contributed by atoms with E-state index in [1.54, 1.807) is 7.11 Å². The fourth-order valence-corrected chi connectivity index (χ4v) is 1.77. The first kappa shape index (κ1) is 17.4. The van der Waals surface area contributed by atoms with Gasteiger partial charge in [0, 0.05) is 31.9 Å². The first-order chi connectivity index (χ1) is 10.1. The van der Waals surface area contributed by atoms with Gasteiger partial charge in [0.15, 0.2) is 0 Å². The molecule has 0 radical (unpaired) electrons. The molecule has 0 aliphatic heterocycles. The summed E-state index contributed by atoms with van der Waals surface area (Å²) in [6.07, 6.45) is 0.663. The maximum Gasteiger partial charge on any atom is 0.287 e. The molecular formula is C13H17ClN2O5. The number of nitrogens with one attached hydrogen (secondary N) is 1. The minimum Gasteiger partial charge on any atom is -0.382 e. The van der Waals surface area contributed by atoms with Gasteiger partial charge in [-0.15, -0.1) is 0 Å². The number of ether oxygens (including phenoxy) is 2. The molecule has 1 rings (SSSR count). The molecule has 0 unspecified atom stereocenters. The van der Waals surface area contributed by atoms with Gasteiger partial charge in [-0.05, 0) is 18.6 Å². The first-order valence-electron chi connectivity index (χ1n) is 6.35. The van der Waals surface area contributed by atoms with E-state index in [1.807, 2.05) is 0 Å². The maximum absolute atomic E-state index is 11.8. The second-order valence-electron chi connectivity index (χ2n) is 4.14. The lowest BCUT2D eigenvalue weighted by Gasteiger charge is -2.06. The zero-order chi connectivity index (χ0) is 15.7. The van der Waals surface area contributed by atoms with Crippen molar-refractivity contribution in [2.75, 3.05) is 33.5 Å². The van der Waals surface area contributed by atoms with Crippen LogP contribution in [0.2, 0.25) is 5.02 Å². The van der Waals surface area contributed by atoms with E-state index >= 15 is 0 Å². The molecule has 0 aromatic heterocycles. The van der Waals surface area contributed by atoms with Crippen molar-refractivity contribution in [1.29, 1.82) is 0 Å². The summed E-state index contributed by atoms with van der Waals surface area (Å²) >= 11 is 5.75. The molecule has 0 spiro atoms. The number of benzene rings is 1. The fraction of sp³-hybridized carbons (Fsp3) is 0.462. The average Bonchev–Trinajstić information content (AvgIpc) is 2.45. The number of halogens is 1. The largest absolute Gasteiger partial charge is 0.382 e. The van der Waals surface area contributed by atoms with Crippen molar-refractivity contribution in [2.45, 2.75) is 6.42 Å². The van der Waals surface area contributed by atoms with E-state index < -0.39 is 4.92 Å². The molecule has 116 valence electrons. The van der Waals surface area contributed by atoms with Crippen LogP contribution in [0.1, 0.15) is 16.8 Å². The van der Waals surface area contributed by atoms with E-state index in [-0.39, 0.29) is 22.2 Å². The third kappa shape index (κ3) is 6.07. The summed E-state index contributed by atoms with van der Waals surface area (Å²) in [6, 6.07) is 3.86. The fourth-order valence-electron chi connectivity index (χ4n) is 1.52. The molecule has 0 heterocycles. The van der Waals surface area contributed by atoms with E-state index in [1.165, 1.54) is 18.2 Å². The quantitative estimate of drug-likeness (QED) is 0.427. The molecule has 1 aromatic rings. The van der Waals surface area contributed by atoms with Gasteiger partial charge >= 0.3 is 0 Å². The Hall–Kier alpha value is -1.70. The summed E-state index contributed by atoms with van der Waals surface area (Å²) in [5.74, 6) is -0.330. The summed E-state index contributed by atoms with van der Waals surface area (Å²) in [5, 5.41) is 13.2. The minimum atomic E-state index is -0.596. The number of hydrogen-bond acceptors (Lipinski definition) is 5. The number of nitro benzene ring substituents is 1. The smallest absolute Gasteiger partial charge is 0.287 e. The SMILES string of the molecule is COCCOCCCNC(=O)c1ccc([N+](=O)[O-])c(Cl)c1. The molecule has 0 bridgehead atoms. The lowest BCUT2D eigenvalue weighted by atomic mass is 10.2. The number of rotatable bonds is 9. The monoisotopic (exact) mass is 316 g/mol. The van der Waals surface area contributed by atoms with Crippen molar-refractivity contribution in [3.8, 4) is 0 Å². The van der Waals surface area contributed by atoms with Crippen molar-refractivity contribution in [3.05, 3.63) is 38.9 Å². The summed E-state index contributed by atoms with van der Waals surface area (Å²) < 4.78 is 10.1. The Morgan fingerprint density at radius 2 is 2.14 bits per heavy atom. The second-order valence-corrected chi connectivity index (χ2v) is 4.55. The second kappa shape index (κ2) is 9.28. The summed E-state index contributed by atoms with van der Waals surface area (Å²) in [6.45, 7) is 2.02. The van der Waals surface area contributed by atoms with Gasteiger partial charge in [0.2, 0.25) is 0 Å². The van der Waals surface area contributed by atoms with Gasteiger partial charge in [0.05, 0.1) is 18.1 Å². The number of methoxy groups -OCH3 is 1. The van der Waals surface area contributed by atoms with E-state index in [9.17, 15) is 14.9 Å². The molecule has 0 atom stereocenters. The third-order valence-corrected chi connectivity index (χ3v) is 2.89. The summed E-state index contributed by atoms with van der Waals surface area (Å²) in [4.78, 5) is 21.8. The van der Waals surface area contributed by atoms with Crippen LogP contribution < -0.4 is 5.32 Å². The Morgan fingerprint density at radius 3 is 2.76 bits per heavy atom. The number of carbonyl (C=O) groups excluding carboxylic acids is 1. The Labute approximate surface area is 127 Å². The molecule has 0 aliphatic carbocycles. The van der Waals surface area contributed by atoms with Crippen LogP contribution in [-0.2, 0) is 9.47 Å². The molecule has 8 heteroatoms. The molecule has 21 heavy (non-hydrogen) atoms. The van der Waals surface area contributed by atoms with Crippen molar-refractivity contribution in [1.82, 2.24) is 5.32 Å². The van der Waals surface area contributed by atoms with E-state index in [2.05, 4.69) is 5.32 Å². The molecule has 1 N–H and O–H groups in total. The van der Waals surface area contributed by atoms with Crippen LogP contribution >= 0.6 is 11.6 Å². The van der Waals surface area contributed by atoms with Crippen LogP contribution in [0.15, 0.2) is 18.2 Å². The minimum absolute atomic E-state index is 0.0597. The third-order valence-electron chi connectivity index (χ3n) is 2.59. The lowest BCUT2D eigenvalue weighted by Crippen LogP contribution is -2.25. The van der Waals surface area contributed by atoms with Crippen LogP contribution in [0.5, 0.6) is 0 Å². The van der Waals surface area contributed by atoms with Crippen LogP contribution in [0.4, 0.5) is 5.69 Å². The number of nitro groups is 1. The van der Waals surface area contributed by atoms with Gasteiger partial charge in [0.1, 0.15) is 5.02 Å². The number of hydrogen-bond donors (Lipinski definition) is 1. The standard InChI is InChI=1S/C13H17ClN2O5/c1-20-7-8-21-6-2-5-15-13(17)10-3-4-12(16(18)19)11(14)9-10/h3-4,9H,2,5-8H2,1H3,(H,15,17). The predicted octanol–water partition coefficient (Wildman–Crippen LogP) is 2.03. The highest BCUT2D eigenvalue weighted by Gasteiger charge is 2.14. The van der Waals surface area contributed by atoms with Crippen LogP contribution in [0.25, 0.3) is 0 Å². The molecule has 0 fully saturated rings. The van der Waals surface area contributed by atoms with Gasteiger partial charge < -0.3 is 14.8 Å². The van der Waals surface area contributed by atoms with Gasteiger partial charge in [-0.2, -0.15) is 0 Å². The topological polar surface area (TPSA) is 90.7 Å². The molecule has 0 saturated heterocycles. The number of carbonyl (C=O) groups is 1.